The van der Waals surface area contributed by atoms with Crippen molar-refractivity contribution in [2.24, 2.45) is 5.92 Å². The molecule has 0 saturated heterocycles. The van der Waals surface area contributed by atoms with Gasteiger partial charge in [0.15, 0.2) is 0 Å². The molecule has 19 heavy (non-hydrogen) atoms. The van der Waals surface area contributed by atoms with Crippen molar-refractivity contribution in [1.29, 1.82) is 0 Å². The number of nitrogens with one attached hydrogen (secondary N) is 1. The van der Waals surface area contributed by atoms with E-state index < -0.39 is 0 Å². The highest BCUT2D eigenvalue weighted by Gasteiger charge is 2.08. The van der Waals surface area contributed by atoms with Gasteiger partial charge < -0.3 is 10.4 Å². The molecule has 0 aliphatic heterocycles. The van der Waals surface area contributed by atoms with E-state index >= 15 is 0 Å². The first-order valence-electron chi connectivity index (χ1n) is 6.98. The van der Waals surface area contributed by atoms with Crippen LogP contribution < -0.4 is 5.32 Å². The van der Waals surface area contributed by atoms with Crippen LogP contribution in [0.5, 0.6) is 0 Å². The van der Waals surface area contributed by atoms with Crippen LogP contribution in [-0.2, 0) is 11.2 Å². The lowest BCUT2D eigenvalue weighted by Crippen LogP contribution is -2.29. The largest absolute Gasteiger partial charge is 0.393 e. The van der Waals surface area contributed by atoms with Crippen LogP contribution >= 0.6 is 0 Å². The Hall–Kier alpha value is -1.35. The molecule has 2 N–H and O–H groups in total. The molecule has 106 valence electrons. The number of benzene rings is 1. The molecule has 2 atom stereocenters. The van der Waals surface area contributed by atoms with Gasteiger partial charge in [0, 0.05) is 13.0 Å². The fourth-order valence-corrected chi connectivity index (χ4v) is 2.18. The first kappa shape index (κ1) is 15.7. The molecular weight excluding hydrogens is 238 g/mol. The third-order valence-corrected chi connectivity index (χ3v) is 3.27. The van der Waals surface area contributed by atoms with Gasteiger partial charge >= 0.3 is 0 Å². The Balaban J connectivity index is 2.27. The van der Waals surface area contributed by atoms with Crippen molar-refractivity contribution in [3.05, 3.63) is 35.4 Å². The minimum Gasteiger partial charge on any atom is -0.393 e. The van der Waals surface area contributed by atoms with Crippen LogP contribution in [0.4, 0.5) is 0 Å². The molecule has 0 fully saturated rings. The molecule has 0 bridgehead atoms. The molecule has 0 radical (unpaired) electrons. The summed E-state index contributed by atoms with van der Waals surface area (Å²) in [6.45, 7) is 6.51. The number of carbonyl (C=O) groups excluding carboxylic acids is 1. The van der Waals surface area contributed by atoms with E-state index in [9.17, 15) is 9.90 Å². The molecule has 0 heterocycles. The number of aliphatic hydroxyl groups is 1. The standard InChI is InChI=1S/C16H25NO2/c1-12(10-14(3)18)11-17-16(19)9-8-15-7-5-4-6-13(15)2/h4-7,12,14,18H,8-11H2,1-3H3,(H,17,19). The van der Waals surface area contributed by atoms with Gasteiger partial charge in [-0.3, -0.25) is 4.79 Å². The number of aliphatic hydroxyl groups excluding tert-OH is 1. The summed E-state index contributed by atoms with van der Waals surface area (Å²) < 4.78 is 0. The van der Waals surface area contributed by atoms with Crippen molar-refractivity contribution in [2.75, 3.05) is 6.54 Å². The van der Waals surface area contributed by atoms with Crippen molar-refractivity contribution in [2.45, 2.75) is 46.1 Å². The predicted molar refractivity (Wildman–Crippen MR) is 78.0 cm³/mol. The molecule has 1 amide bonds. The number of hydrogen-bond acceptors (Lipinski definition) is 2. The maximum Gasteiger partial charge on any atom is 0.220 e. The predicted octanol–water partition coefficient (Wildman–Crippen LogP) is 2.45. The summed E-state index contributed by atoms with van der Waals surface area (Å²) in [7, 11) is 0. The molecule has 3 heteroatoms. The highest BCUT2D eigenvalue weighted by atomic mass is 16.3. The van der Waals surface area contributed by atoms with Gasteiger partial charge in [0.05, 0.1) is 6.10 Å². The van der Waals surface area contributed by atoms with Gasteiger partial charge in [-0.15, -0.1) is 0 Å². The van der Waals surface area contributed by atoms with E-state index in [1.807, 2.05) is 19.1 Å². The Kier molecular flexibility index (Phi) is 6.57. The third kappa shape index (κ3) is 6.39. The van der Waals surface area contributed by atoms with E-state index in [4.69, 9.17) is 0 Å². The highest BCUT2D eigenvalue weighted by molar-refractivity contribution is 5.76. The summed E-state index contributed by atoms with van der Waals surface area (Å²) in [4.78, 5) is 11.7. The average Bonchev–Trinajstić information content (AvgIpc) is 2.34. The Morgan fingerprint density at radius 2 is 2.00 bits per heavy atom. The molecule has 0 aliphatic rings. The number of hydrogen-bond donors (Lipinski definition) is 2. The fourth-order valence-electron chi connectivity index (χ4n) is 2.18. The zero-order valence-corrected chi connectivity index (χ0v) is 12.1. The quantitative estimate of drug-likeness (QED) is 0.794. The van der Waals surface area contributed by atoms with E-state index in [-0.39, 0.29) is 12.0 Å². The molecule has 0 saturated carbocycles. The maximum atomic E-state index is 11.7. The van der Waals surface area contributed by atoms with Crippen LogP contribution in [0, 0.1) is 12.8 Å². The monoisotopic (exact) mass is 263 g/mol. The SMILES string of the molecule is Cc1ccccc1CCC(=O)NCC(C)CC(C)O. The first-order valence-corrected chi connectivity index (χ1v) is 6.98. The van der Waals surface area contributed by atoms with Crippen LogP contribution in [0.3, 0.4) is 0 Å². The summed E-state index contributed by atoms with van der Waals surface area (Å²) in [5.41, 5.74) is 2.47. The maximum absolute atomic E-state index is 11.7. The van der Waals surface area contributed by atoms with Crippen LogP contribution in [0.1, 0.15) is 37.8 Å². The van der Waals surface area contributed by atoms with Gasteiger partial charge in [-0.25, -0.2) is 0 Å². The molecule has 2 unspecified atom stereocenters. The molecule has 3 nitrogen and oxygen atoms in total. The second-order valence-corrected chi connectivity index (χ2v) is 5.42. The van der Waals surface area contributed by atoms with Gasteiger partial charge in [-0.1, -0.05) is 31.2 Å². The lowest BCUT2D eigenvalue weighted by Gasteiger charge is -2.14. The van der Waals surface area contributed by atoms with Gasteiger partial charge in [0.2, 0.25) is 5.91 Å². The summed E-state index contributed by atoms with van der Waals surface area (Å²) in [6, 6.07) is 8.15. The van der Waals surface area contributed by atoms with Gasteiger partial charge in [-0.2, -0.15) is 0 Å². The molecular formula is C16H25NO2. The Morgan fingerprint density at radius 3 is 2.63 bits per heavy atom. The second kappa shape index (κ2) is 7.95. The van der Waals surface area contributed by atoms with Gasteiger partial charge in [0.25, 0.3) is 0 Å². The zero-order chi connectivity index (χ0) is 14.3. The molecule has 0 spiro atoms. The topological polar surface area (TPSA) is 49.3 Å². The van der Waals surface area contributed by atoms with Crippen LogP contribution in [-0.4, -0.2) is 23.7 Å². The normalized spacial score (nSPS) is 13.9. The molecule has 0 aromatic heterocycles. The minimum absolute atomic E-state index is 0.0840. The van der Waals surface area contributed by atoms with Crippen LogP contribution in [0.15, 0.2) is 24.3 Å². The molecule has 1 rings (SSSR count). The smallest absolute Gasteiger partial charge is 0.220 e. The Morgan fingerprint density at radius 1 is 1.32 bits per heavy atom. The van der Waals surface area contributed by atoms with E-state index in [0.29, 0.717) is 18.9 Å². The van der Waals surface area contributed by atoms with Crippen molar-refractivity contribution in [3.63, 3.8) is 0 Å². The van der Waals surface area contributed by atoms with E-state index in [0.717, 1.165) is 12.8 Å². The summed E-state index contributed by atoms with van der Waals surface area (Å²) in [6.07, 6.45) is 1.71. The highest BCUT2D eigenvalue weighted by Crippen LogP contribution is 2.09. The van der Waals surface area contributed by atoms with Crippen molar-refractivity contribution >= 4 is 5.91 Å². The van der Waals surface area contributed by atoms with E-state index in [2.05, 4.69) is 24.4 Å². The number of aryl methyl sites for hydroxylation is 2. The average molecular weight is 263 g/mol. The van der Waals surface area contributed by atoms with Crippen LogP contribution in [0.2, 0.25) is 0 Å². The Bertz CT molecular complexity index is 401. The number of amides is 1. The number of rotatable bonds is 7. The van der Waals surface area contributed by atoms with Crippen molar-refractivity contribution in [1.82, 2.24) is 5.32 Å². The Labute approximate surface area is 116 Å². The molecule has 1 aromatic rings. The lowest BCUT2D eigenvalue weighted by atomic mass is 10.0. The summed E-state index contributed by atoms with van der Waals surface area (Å²) >= 11 is 0. The first-order chi connectivity index (χ1) is 8.99. The van der Waals surface area contributed by atoms with Crippen molar-refractivity contribution < 1.29 is 9.90 Å². The lowest BCUT2D eigenvalue weighted by molar-refractivity contribution is -0.121. The minimum atomic E-state index is -0.307. The van der Waals surface area contributed by atoms with E-state index in [1.165, 1.54) is 11.1 Å². The second-order valence-electron chi connectivity index (χ2n) is 5.42. The van der Waals surface area contributed by atoms with Crippen molar-refractivity contribution in [3.8, 4) is 0 Å². The van der Waals surface area contributed by atoms with Crippen LogP contribution in [0.25, 0.3) is 0 Å². The fraction of sp³-hybridized carbons (Fsp3) is 0.562. The molecule has 0 aliphatic carbocycles. The van der Waals surface area contributed by atoms with E-state index in [1.54, 1.807) is 6.92 Å². The zero-order valence-electron chi connectivity index (χ0n) is 12.1. The molecule has 1 aromatic carbocycles. The van der Waals surface area contributed by atoms with Gasteiger partial charge in [-0.05, 0) is 43.7 Å². The third-order valence-electron chi connectivity index (χ3n) is 3.27. The summed E-state index contributed by atoms with van der Waals surface area (Å²) in [5.74, 6) is 0.392. The summed E-state index contributed by atoms with van der Waals surface area (Å²) in [5, 5.41) is 12.2. The van der Waals surface area contributed by atoms with Gasteiger partial charge in [0.1, 0.15) is 0 Å². The number of carbonyl (C=O) groups is 1.